The van der Waals surface area contributed by atoms with Crippen molar-refractivity contribution in [3.63, 3.8) is 0 Å². The van der Waals surface area contributed by atoms with E-state index in [9.17, 15) is 0 Å². The summed E-state index contributed by atoms with van der Waals surface area (Å²) in [6.45, 7) is 4.31. The Hall–Kier alpha value is -0.0800. The first-order valence-electron chi connectivity index (χ1n) is 7.11. The van der Waals surface area contributed by atoms with Crippen LogP contribution < -0.4 is 0 Å². The Balaban J connectivity index is 1.55. The minimum absolute atomic E-state index is 0.608. The van der Waals surface area contributed by atoms with E-state index in [1.807, 2.05) is 0 Å². The van der Waals surface area contributed by atoms with Gasteiger partial charge in [-0.05, 0) is 25.2 Å². The van der Waals surface area contributed by atoms with E-state index in [-0.39, 0.29) is 0 Å². The van der Waals surface area contributed by atoms with Crippen LogP contribution in [0, 0.1) is 5.92 Å². The summed E-state index contributed by atoms with van der Waals surface area (Å²) in [6, 6.07) is 0. The average molecular weight is 226 g/mol. The summed E-state index contributed by atoms with van der Waals surface area (Å²) in [5, 5.41) is 0. The second kappa shape index (κ2) is 6.61. The van der Waals surface area contributed by atoms with Crippen molar-refractivity contribution in [3.05, 3.63) is 0 Å². The van der Waals surface area contributed by atoms with Crippen LogP contribution in [-0.4, -0.2) is 25.4 Å². The van der Waals surface area contributed by atoms with Gasteiger partial charge < -0.3 is 9.47 Å². The summed E-state index contributed by atoms with van der Waals surface area (Å²) < 4.78 is 10.6. The van der Waals surface area contributed by atoms with E-state index in [1.165, 1.54) is 51.4 Å². The van der Waals surface area contributed by atoms with Crippen molar-refractivity contribution in [1.29, 1.82) is 0 Å². The second-order valence-electron chi connectivity index (χ2n) is 5.44. The number of hydrogen-bond acceptors (Lipinski definition) is 2. The van der Waals surface area contributed by atoms with Crippen LogP contribution in [0.4, 0.5) is 0 Å². The van der Waals surface area contributed by atoms with Gasteiger partial charge in [0.15, 0.2) is 0 Å². The molecule has 0 bridgehead atoms. The van der Waals surface area contributed by atoms with Crippen molar-refractivity contribution >= 4 is 0 Å². The molecule has 0 aliphatic carbocycles. The Kier molecular flexibility index (Phi) is 5.11. The van der Waals surface area contributed by atoms with Crippen molar-refractivity contribution in [2.45, 2.75) is 70.5 Å². The minimum atomic E-state index is 0.608. The number of unbranched alkanes of at least 4 members (excludes halogenated alkanes) is 3. The van der Waals surface area contributed by atoms with Gasteiger partial charge in [-0.1, -0.05) is 39.0 Å². The van der Waals surface area contributed by atoms with Gasteiger partial charge in [0.1, 0.15) is 0 Å². The van der Waals surface area contributed by atoms with Crippen LogP contribution in [-0.2, 0) is 9.47 Å². The highest BCUT2D eigenvalue weighted by Crippen LogP contribution is 2.29. The number of rotatable bonds is 10. The SMILES string of the molecule is CCCCCCC(CCC1CO1)CC1CO1. The van der Waals surface area contributed by atoms with E-state index < -0.39 is 0 Å². The van der Waals surface area contributed by atoms with Crippen LogP contribution in [0.1, 0.15) is 58.3 Å². The molecular weight excluding hydrogens is 200 g/mol. The molecule has 0 amide bonds. The van der Waals surface area contributed by atoms with E-state index in [4.69, 9.17) is 9.47 Å². The van der Waals surface area contributed by atoms with E-state index in [0.717, 1.165) is 19.1 Å². The molecule has 2 aliphatic heterocycles. The molecule has 0 saturated carbocycles. The third kappa shape index (κ3) is 5.31. The Labute approximate surface area is 99.7 Å². The summed E-state index contributed by atoms with van der Waals surface area (Å²) in [5.41, 5.74) is 0. The smallest absolute Gasteiger partial charge is 0.0812 e. The van der Waals surface area contributed by atoms with E-state index in [1.54, 1.807) is 0 Å². The molecule has 2 heterocycles. The van der Waals surface area contributed by atoms with Crippen LogP contribution in [0.15, 0.2) is 0 Å². The van der Waals surface area contributed by atoms with Gasteiger partial charge in [0.2, 0.25) is 0 Å². The molecule has 0 spiro atoms. The first kappa shape index (κ1) is 12.4. The van der Waals surface area contributed by atoms with Gasteiger partial charge in [0.05, 0.1) is 25.4 Å². The second-order valence-corrected chi connectivity index (χ2v) is 5.44. The lowest BCUT2D eigenvalue weighted by atomic mass is 9.91. The van der Waals surface area contributed by atoms with Gasteiger partial charge in [-0.3, -0.25) is 0 Å². The topological polar surface area (TPSA) is 25.1 Å². The molecule has 2 saturated heterocycles. The summed E-state index contributed by atoms with van der Waals surface area (Å²) in [4.78, 5) is 0. The molecular formula is C14H26O2. The molecule has 16 heavy (non-hydrogen) atoms. The standard InChI is InChI=1S/C14H26O2/c1-2-3-4-5-6-12(9-14-11-16-14)7-8-13-10-15-13/h12-14H,2-11H2,1H3. The first-order valence-corrected chi connectivity index (χ1v) is 7.11. The maximum atomic E-state index is 5.36. The Morgan fingerprint density at radius 2 is 1.75 bits per heavy atom. The largest absolute Gasteiger partial charge is 0.373 e. The molecule has 2 aliphatic rings. The van der Waals surface area contributed by atoms with Crippen molar-refractivity contribution in [3.8, 4) is 0 Å². The Morgan fingerprint density at radius 3 is 2.38 bits per heavy atom. The van der Waals surface area contributed by atoms with Crippen molar-refractivity contribution in [2.24, 2.45) is 5.92 Å². The Bertz CT molecular complexity index is 185. The minimum Gasteiger partial charge on any atom is -0.373 e. The third-order valence-electron chi connectivity index (χ3n) is 3.76. The first-order chi connectivity index (χ1) is 7.88. The Morgan fingerprint density at radius 1 is 1.00 bits per heavy atom. The molecule has 94 valence electrons. The molecule has 0 radical (unpaired) electrons. The molecule has 2 fully saturated rings. The predicted molar refractivity (Wildman–Crippen MR) is 65.6 cm³/mol. The van der Waals surface area contributed by atoms with Gasteiger partial charge in [-0.25, -0.2) is 0 Å². The molecule has 0 N–H and O–H groups in total. The lowest BCUT2D eigenvalue weighted by Crippen LogP contribution is -2.06. The average Bonchev–Trinajstić information content (AvgIpc) is 3.14. The molecule has 2 nitrogen and oxygen atoms in total. The van der Waals surface area contributed by atoms with Crippen LogP contribution in [0.3, 0.4) is 0 Å². The van der Waals surface area contributed by atoms with Crippen molar-refractivity contribution < 1.29 is 9.47 Å². The van der Waals surface area contributed by atoms with Crippen molar-refractivity contribution in [1.82, 2.24) is 0 Å². The molecule has 3 atom stereocenters. The fraction of sp³-hybridized carbons (Fsp3) is 1.00. The highest BCUT2D eigenvalue weighted by Gasteiger charge is 2.28. The third-order valence-corrected chi connectivity index (χ3v) is 3.76. The van der Waals surface area contributed by atoms with Gasteiger partial charge in [-0.15, -0.1) is 0 Å². The molecule has 2 rings (SSSR count). The fourth-order valence-corrected chi connectivity index (χ4v) is 2.47. The fourth-order valence-electron chi connectivity index (χ4n) is 2.47. The number of epoxide rings is 2. The van der Waals surface area contributed by atoms with Crippen LogP contribution in [0.2, 0.25) is 0 Å². The molecule has 0 aromatic heterocycles. The quantitative estimate of drug-likeness (QED) is 0.420. The number of ether oxygens (including phenoxy) is 2. The molecule has 3 unspecified atom stereocenters. The summed E-state index contributed by atoms with van der Waals surface area (Å²) in [5.74, 6) is 0.897. The normalized spacial score (nSPS) is 29.1. The molecule has 0 aromatic carbocycles. The summed E-state index contributed by atoms with van der Waals surface area (Å²) in [7, 11) is 0. The van der Waals surface area contributed by atoms with Crippen molar-refractivity contribution in [2.75, 3.05) is 13.2 Å². The zero-order valence-corrected chi connectivity index (χ0v) is 10.6. The lowest BCUT2D eigenvalue weighted by Gasteiger charge is -2.15. The van der Waals surface area contributed by atoms with E-state index >= 15 is 0 Å². The zero-order chi connectivity index (χ0) is 11.2. The predicted octanol–water partition coefficient (Wildman–Crippen LogP) is 3.54. The van der Waals surface area contributed by atoms with Gasteiger partial charge in [0, 0.05) is 0 Å². The summed E-state index contributed by atoms with van der Waals surface area (Å²) >= 11 is 0. The highest BCUT2D eigenvalue weighted by molar-refractivity contribution is 4.77. The van der Waals surface area contributed by atoms with Crippen LogP contribution in [0.5, 0.6) is 0 Å². The molecule has 2 heteroatoms. The maximum Gasteiger partial charge on any atom is 0.0812 e. The number of hydrogen-bond donors (Lipinski definition) is 0. The zero-order valence-electron chi connectivity index (χ0n) is 10.6. The van der Waals surface area contributed by atoms with Gasteiger partial charge in [0.25, 0.3) is 0 Å². The maximum absolute atomic E-state index is 5.36. The van der Waals surface area contributed by atoms with Crippen LogP contribution in [0.25, 0.3) is 0 Å². The van der Waals surface area contributed by atoms with E-state index in [0.29, 0.717) is 12.2 Å². The van der Waals surface area contributed by atoms with Gasteiger partial charge in [-0.2, -0.15) is 0 Å². The highest BCUT2D eigenvalue weighted by atomic mass is 16.6. The van der Waals surface area contributed by atoms with Crippen LogP contribution >= 0.6 is 0 Å². The van der Waals surface area contributed by atoms with E-state index in [2.05, 4.69) is 6.92 Å². The van der Waals surface area contributed by atoms with Gasteiger partial charge >= 0.3 is 0 Å². The summed E-state index contributed by atoms with van der Waals surface area (Å²) in [6.07, 6.45) is 12.1. The lowest BCUT2D eigenvalue weighted by molar-refractivity contribution is 0.304. The molecule has 0 aromatic rings. The monoisotopic (exact) mass is 226 g/mol.